The average molecular weight is 126 g/mol. The lowest BCUT2D eigenvalue weighted by atomic mass is 10.0. The summed E-state index contributed by atoms with van der Waals surface area (Å²) in [4.78, 5) is 0. The molecule has 0 saturated carbocycles. The largest absolute Gasteiger partial charge is 0.392 e. The van der Waals surface area contributed by atoms with E-state index in [0.717, 1.165) is 5.57 Å². The molecule has 0 radical (unpaired) electrons. The lowest BCUT2D eigenvalue weighted by Crippen LogP contribution is -1.99. The number of aliphatic hydroxyl groups excluding tert-OH is 1. The van der Waals surface area contributed by atoms with Crippen LogP contribution in [-0.4, -0.2) is 11.7 Å². The fraction of sp³-hybridized carbons (Fsp3) is 0.500. The van der Waals surface area contributed by atoms with Crippen molar-refractivity contribution in [3.63, 3.8) is 0 Å². The van der Waals surface area contributed by atoms with Crippen molar-refractivity contribution in [2.45, 2.75) is 13.8 Å². The molecule has 0 saturated heterocycles. The van der Waals surface area contributed by atoms with Gasteiger partial charge in [-0.1, -0.05) is 19.1 Å². The first-order valence-electron chi connectivity index (χ1n) is 3.14. The molecule has 0 bridgehead atoms. The third-order valence-electron chi connectivity index (χ3n) is 1.49. The zero-order valence-corrected chi connectivity index (χ0v) is 6.09. The van der Waals surface area contributed by atoms with Gasteiger partial charge in [0.15, 0.2) is 0 Å². The van der Waals surface area contributed by atoms with Gasteiger partial charge in [-0.15, -0.1) is 6.58 Å². The van der Waals surface area contributed by atoms with Crippen LogP contribution in [0.3, 0.4) is 0 Å². The molecule has 0 amide bonds. The van der Waals surface area contributed by atoms with E-state index < -0.39 is 0 Å². The van der Waals surface area contributed by atoms with Gasteiger partial charge in [0.2, 0.25) is 0 Å². The summed E-state index contributed by atoms with van der Waals surface area (Å²) in [6.07, 6.45) is 3.75. The summed E-state index contributed by atoms with van der Waals surface area (Å²) in [5, 5.41) is 8.71. The summed E-state index contributed by atoms with van der Waals surface area (Å²) in [5.41, 5.74) is 1.03. The summed E-state index contributed by atoms with van der Waals surface area (Å²) in [6, 6.07) is 0. The van der Waals surface area contributed by atoms with E-state index in [9.17, 15) is 0 Å². The second kappa shape index (κ2) is 4.33. The SMILES string of the molecule is C=CC(C)/C(=C\C)CO. The lowest BCUT2D eigenvalue weighted by molar-refractivity contribution is 0.321. The molecule has 1 nitrogen and oxygen atoms in total. The maximum atomic E-state index is 8.71. The van der Waals surface area contributed by atoms with E-state index in [0.29, 0.717) is 5.92 Å². The van der Waals surface area contributed by atoms with Crippen molar-refractivity contribution in [1.82, 2.24) is 0 Å². The van der Waals surface area contributed by atoms with Crippen molar-refractivity contribution in [3.05, 3.63) is 24.3 Å². The van der Waals surface area contributed by atoms with Gasteiger partial charge < -0.3 is 5.11 Å². The Kier molecular flexibility index (Phi) is 4.06. The molecule has 52 valence electrons. The van der Waals surface area contributed by atoms with Crippen LogP contribution < -0.4 is 0 Å². The first kappa shape index (κ1) is 8.44. The van der Waals surface area contributed by atoms with E-state index in [2.05, 4.69) is 6.58 Å². The molecule has 0 aromatic heterocycles. The molecule has 1 N–H and O–H groups in total. The van der Waals surface area contributed by atoms with E-state index in [-0.39, 0.29) is 6.61 Å². The molecule has 0 aliphatic heterocycles. The monoisotopic (exact) mass is 126 g/mol. The van der Waals surface area contributed by atoms with E-state index in [1.54, 1.807) is 0 Å². The number of hydrogen-bond acceptors (Lipinski definition) is 1. The third-order valence-corrected chi connectivity index (χ3v) is 1.49. The average Bonchev–Trinajstić information content (AvgIpc) is 1.90. The smallest absolute Gasteiger partial charge is 0.0647 e. The van der Waals surface area contributed by atoms with Crippen molar-refractivity contribution >= 4 is 0 Å². The highest BCUT2D eigenvalue weighted by Crippen LogP contribution is 2.09. The first-order valence-corrected chi connectivity index (χ1v) is 3.14. The Hall–Kier alpha value is -0.560. The van der Waals surface area contributed by atoms with Crippen molar-refractivity contribution in [3.8, 4) is 0 Å². The molecule has 0 fully saturated rings. The minimum Gasteiger partial charge on any atom is -0.392 e. The molecule has 9 heavy (non-hydrogen) atoms. The van der Waals surface area contributed by atoms with Crippen molar-refractivity contribution in [2.24, 2.45) is 5.92 Å². The Morgan fingerprint density at radius 3 is 2.44 bits per heavy atom. The van der Waals surface area contributed by atoms with Gasteiger partial charge in [-0.05, 0) is 18.4 Å². The highest BCUT2D eigenvalue weighted by molar-refractivity contribution is 5.09. The second-order valence-electron chi connectivity index (χ2n) is 2.05. The predicted octanol–water partition coefficient (Wildman–Crippen LogP) is 1.75. The molecule has 0 heterocycles. The Bertz CT molecular complexity index is 114. The molecular formula is C8H14O. The van der Waals surface area contributed by atoms with Gasteiger partial charge in [0, 0.05) is 0 Å². The first-order chi connectivity index (χ1) is 4.26. The quantitative estimate of drug-likeness (QED) is 0.571. The molecule has 0 aliphatic rings. The zero-order chi connectivity index (χ0) is 7.28. The Morgan fingerprint density at radius 1 is 1.78 bits per heavy atom. The number of rotatable bonds is 3. The Labute approximate surface area is 56.7 Å². The fourth-order valence-corrected chi connectivity index (χ4v) is 0.650. The highest BCUT2D eigenvalue weighted by atomic mass is 16.3. The van der Waals surface area contributed by atoms with Crippen LogP contribution in [0.1, 0.15) is 13.8 Å². The van der Waals surface area contributed by atoms with Gasteiger partial charge in [0.05, 0.1) is 6.61 Å². The van der Waals surface area contributed by atoms with Crippen LogP contribution >= 0.6 is 0 Å². The van der Waals surface area contributed by atoms with Crippen molar-refractivity contribution in [2.75, 3.05) is 6.61 Å². The topological polar surface area (TPSA) is 20.2 Å². The number of hydrogen-bond donors (Lipinski definition) is 1. The number of aliphatic hydroxyl groups is 1. The maximum Gasteiger partial charge on any atom is 0.0647 e. The van der Waals surface area contributed by atoms with Gasteiger partial charge in [-0.3, -0.25) is 0 Å². The van der Waals surface area contributed by atoms with E-state index >= 15 is 0 Å². The molecule has 0 aliphatic carbocycles. The van der Waals surface area contributed by atoms with Gasteiger partial charge in [0.25, 0.3) is 0 Å². The van der Waals surface area contributed by atoms with Crippen LogP contribution in [0.15, 0.2) is 24.3 Å². The molecule has 0 spiro atoms. The molecule has 1 atom stereocenters. The summed E-state index contributed by atoms with van der Waals surface area (Å²) in [5.74, 6) is 0.306. The van der Waals surface area contributed by atoms with Crippen LogP contribution in [0.4, 0.5) is 0 Å². The van der Waals surface area contributed by atoms with Gasteiger partial charge in [0.1, 0.15) is 0 Å². The summed E-state index contributed by atoms with van der Waals surface area (Å²) >= 11 is 0. The Balaban J connectivity index is 3.95. The molecular weight excluding hydrogens is 112 g/mol. The van der Waals surface area contributed by atoms with E-state index in [1.165, 1.54) is 0 Å². The summed E-state index contributed by atoms with van der Waals surface area (Å²) in [6.45, 7) is 7.70. The molecule has 1 unspecified atom stereocenters. The zero-order valence-electron chi connectivity index (χ0n) is 6.09. The van der Waals surface area contributed by atoms with Crippen LogP contribution in [0, 0.1) is 5.92 Å². The van der Waals surface area contributed by atoms with Crippen molar-refractivity contribution in [1.29, 1.82) is 0 Å². The van der Waals surface area contributed by atoms with Crippen molar-refractivity contribution < 1.29 is 5.11 Å². The van der Waals surface area contributed by atoms with Crippen LogP contribution in [-0.2, 0) is 0 Å². The summed E-state index contributed by atoms with van der Waals surface area (Å²) in [7, 11) is 0. The summed E-state index contributed by atoms with van der Waals surface area (Å²) < 4.78 is 0. The molecule has 0 aromatic carbocycles. The second-order valence-corrected chi connectivity index (χ2v) is 2.05. The molecule has 1 heteroatoms. The van der Waals surface area contributed by atoms with Crippen LogP contribution in [0.25, 0.3) is 0 Å². The third kappa shape index (κ3) is 2.47. The van der Waals surface area contributed by atoms with E-state index in [4.69, 9.17) is 5.11 Å². The standard InChI is InChI=1S/C8H14O/c1-4-7(3)8(5-2)6-9/h4-5,7,9H,1,6H2,2-3H3/b8-5-. The van der Waals surface area contributed by atoms with Crippen LogP contribution in [0.5, 0.6) is 0 Å². The van der Waals surface area contributed by atoms with Gasteiger partial charge >= 0.3 is 0 Å². The predicted molar refractivity (Wildman–Crippen MR) is 40.2 cm³/mol. The molecule has 0 aromatic rings. The Morgan fingerprint density at radius 2 is 2.33 bits per heavy atom. The van der Waals surface area contributed by atoms with Gasteiger partial charge in [-0.2, -0.15) is 0 Å². The number of allylic oxidation sites excluding steroid dienone is 2. The fourth-order valence-electron chi connectivity index (χ4n) is 0.650. The molecule has 0 rings (SSSR count). The lowest BCUT2D eigenvalue weighted by Gasteiger charge is -2.06. The minimum atomic E-state index is 0.143. The minimum absolute atomic E-state index is 0.143. The van der Waals surface area contributed by atoms with Gasteiger partial charge in [-0.25, -0.2) is 0 Å². The maximum absolute atomic E-state index is 8.71. The van der Waals surface area contributed by atoms with E-state index in [1.807, 2.05) is 26.0 Å². The normalized spacial score (nSPS) is 15.2. The highest BCUT2D eigenvalue weighted by Gasteiger charge is 1.99. The van der Waals surface area contributed by atoms with Crippen LogP contribution in [0.2, 0.25) is 0 Å².